The molecule has 154 valence electrons. The summed E-state index contributed by atoms with van der Waals surface area (Å²) >= 11 is 0. The van der Waals surface area contributed by atoms with Crippen LogP contribution in [0, 0.1) is 0 Å². The summed E-state index contributed by atoms with van der Waals surface area (Å²) in [6.07, 6.45) is 3.19. The van der Waals surface area contributed by atoms with Crippen molar-refractivity contribution in [2.24, 2.45) is 0 Å². The van der Waals surface area contributed by atoms with E-state index < -0.39 is 0 Å². The van der Waals surface area contributed by atoms with Gasteiger partial charge in [-0.2, -0.15) is 0 Å². The van der Waals surface area contributed by atoms with E-state index in [0.717, 1.165) is 22.8 Å². The van der Waals surface area contributed by atoms with Crippen molar-refractivity contribution in [3.05, 3.63) is 60.6 Å². The molecule has 1 amide bonds. The molecule has 4 rings (SSSR count). The van der Waals surface area contributed by atoms with E-state index in [1.165, 1.54) is 7.11 Å². The van der Waals surface area contributed by atoms with E-state index in [2.05, 4.69) is 19.9 Å². The lowest BCUT2D eigenvalue weighted by Crippen LogP contribution is -2.49. The Labute approximate surface area is 175 Å². The zero-order chi connectivity index (χ0) is 20.9. The highest BCUT2D eigenvalue weighted by molar-refractivity contribution is 5.96. The molecule has 1 aliphatic rings. The molecule has 0 atom stereocenters. The Kier molecular flexibility index (Phi) is 5.74. The molecule has 8 nitrogen and oxygen atoms in total. The number of methoxy groups -OCH3 is 2. The standard InChI is InChI=1S/C22H23N5O3/c1-29-17-7-5-16(6-8-17)19-14-20(25-15-24-19)26-10-12-27(13-11-26)22(28)18-4-3-9-23-21(18)30-2/h3-9,14-15H,10-13H2,1-2H3. The van der Waals surface area contributed by atoms with Crippen molar-refractivity contribution in [1.29, 1.82) is 0 Å². The summed E-state index contributed by atoms with van der Waals surface area (Å²) in [7, 11) is 3.17. The van der Waals surface area contributed by atoms with Gasteiger partial charge in [0.1, 0.15) is 23.5 Å². The lowest BCUT2D eigenvalue weighted by Gasteiger charge is -2.35. The third kappa shape index (κ3) is 4.03. The van der Waals surface area contributed by atoms with Gasteiger partial charge in [0, 0.05) is 44.0 Å². The summed E-state index contributed by atoms with van der Waals surface area (Å²) < 4.78 is 10.4. The first-order chi connectivity index (χ1) is 14.7. The number of hydrogen-bond acceptors (Lipinski definition) is 7. The second-order valence-corrected chi connectivity index (χ2v) is 6.83. The number of ether oxygens (including phenoxy) is 2. The van der Waals surface area contributed by atoms with Crippen LogP contribution in [0.3, 0.4) is 0 Å². The van der Waals surface area contributed by atoms with Crippen molar-refractivity contribution < 1.29 is 14.3 Å². The van der Waals surface area contributed by atoms with Crippen LogP contribution >= 0.6 is 0 Å². The SMILES string of the molecule is COc1ccc(-c2cc(N3CCN(C(=O)c4cccnc4OC)CC3)ncn2)cc1. The molecular formula is C22H23N5O3. The number of carbonyl (C=O) groups is 1. The molecule has 0 saturated carbocycles. The molecule has 0 radical (unpaired) electrons. The summed E-state index contributed by atoms with van der Waals surface area (Å²) in [4.78, 5) is 29.8. The number of nitrogens with zero attached hydrogens (tertiary/aromatic N) is 5. The van der Waals surface area contributed by atoms with E-state index >= 15 is 0 Å². The number of amides is 1. The smallest absolute Gasteiger partial charge is 0.259 e. The molecule has 1 saturated heterocycles. The molecule has 1 aromatic carbocycles. The number of rotatable bonds is 5. The third-order valence-corrected chi connectivity index (χ3v) is 5.12. The molecule has 0 N–H and O–H groups in total. The van der Waals surface area contributed by atoms with E-state index in [1.807, 2.05) is 35.2 Å². The summed E-state index contributed by atoms with van der Waals surface area (Å²) in [5.74, 6) is 1.94. The highest BCUT2D eigenvalue weighted by Gasteiger charge is 2.25. The Morgan fingerprint density at radius 3 is 2.40 bits per heavy atom. The van der Waals surface area contributed by atoms with Crippen LogP contribution in [0.5, 0.6) is 11.6 Å². The van der Waals surface area contributed by atoms with Gasteiger partial charge in [0.15, 0.2) is 0 Å². The lowest BCUT2D eigenvalue weighted by atomic mass is 10.1. The number of piperazine rings is 1. The van der Waals surface area contributed by atoms with Gasteiger partial charge in [-0.25, -0.2) is 15.0 Å². The van der Waals surface area contributed by atoms with Crippen molar-refractivity contribution in [3.8, 4) is 22.9 Å². The average Bonchev–Trinajstić information content (AvgIpc) is 2.84. The highest BCUT2D eigenvalue weighted by atomic mass is 16.5. The van der Waals surface area contributed by atoms with Crippen molar-refractivity contribution in [2.45, 2.75) is 0 Å². The molecule has 8 heteroatoms. The molecule has 3 heterocycles. The van der Waals surface area contributed by atoms with Crippen molar-refractivity contribution >= 4 is 11.7 Å². The average molecular weight is 405 g/mol. The maximum atomic E-state index is 12.9. The van der Waals surface area contributed by atoms with Crippen LogP contribution < -0.4 is 14.4 Å². The van der Waals surface area contributed by atoms with Gasteiger partial charge in [-0.3, -0.25) is 4.79 Å². The fourth-order valence-corrected chi connectivity index (χ4v) is 3.46. The van der Waals surface area contributed by atoms with Crippen LogP contribution in [0.15, 0.2) is 55.0 Å². The Morgan fingerprint density at radius 1 is 0.933 bits per heavy atom. The lowest BCUT2D eigenvalue weighted by molar-refractivity contribution is 0.0742. The molecule has 1 aliphatic heterocycles. The number of anilines is 1. The zero-order valence-electron chi connectivity index (χ0n) is 17.0. The van der Waals surface area contributed by atoms with E-state index in [1.54, 1.807) is 31.8 Å². The predicted molar refractivity (Wildman–Crippen MR) is 113 cm³/mol. The molecule has 30 heavy (non-hydrogen) atoms. The number of carbonyl (C=O) groups excluding carboxylic acids is 1. The van der Waals surface area contributed by atoms with Gasteiger partial charge in [-0.05, 0) is 36.4 Å². The summed E-state index contributed by atoms with van der Waals surface area (Å²) in [6, 6.07) is 13.2. The van der Waals surface area contributed by atoms with Gasteiger partial charge in [-0.1, -0.05) is 0 Å². The normalized spacial score (nSPS) is 13.8. The van der Waals surface area contributed by atoms with Crippen molar-refractivity contribution in [2.75, 3.05) is 45.3 Å². The molecule has 2 aromatic heterocycles. The molecule has 0 bridgehead atoms. The summed E-state index contributed by atoms with van der Waals surface area (Å²) in [5.41, 5.74) is 2.33. The molecule has 0 aliphatic carbocycles. The first kappa shape index (κ1) is 19.6. The first-order valence-electron chi connectivity index (χ1n) is 9.69. The highest BCUT2D eigenvalue weighted by Crippen LogP contribution is 2.24. The summed E-state index contributed by atoms with van der Waals surface area (Å²) in [6.45, 7) is 2.57. The number of pyridine rings is 1. The minimum Gasteiger partial charge on any atom is -0.497 e. The minimum absolute atomic E-state index is 0.0683. The Hall–Kier alpha value is -3.68. The largest absolute Gasteiger partial charge is 0.497 e. The topological polar surface area (TPSA) is 80.7 Å². The van der Waals surface area contributed by atoms with Crippen LogP contribution in [0.1, 0.15) is 10.4 Å². The zero-order valence-corrected chi connectivity index (χ0v) is 17.0. The van der Waals surface area contributed by atoms with Crippen LogP contribution in [-0.4, -0.2) is 66.2 Å². The summed E-state index contributed by atoms with van der Waals surface area (Å²) in [5, 5.41) is 0. The Morgan fingerprint density at radius 2 is 1.70 bits per heavy atom. The second-order valence-electron chi connectivity index (χ2n) is 6.83. The van der Waals surface area contributed by atoms with Gasteiger partial charge < -0.3 is 19.3 Å². The van der Waals surface area contributed by atoms with Crippen LogP contribution in [-0.2, 0) is 0 Å². The van der Waals surface area contributed by atoms with E-state index in [-0.39, 0.29) is 5.91 Å². The molecule has 1 fully saturated rings. The second kappa shape index (κ2) is 8.77. The minimum atomic E-state index is -0.0683. The monoisotopic (exact) mass is 405 g/mol. The fraction of sp³-hybridized carbons (Fsp3) is 0.273. The number of aromatic nitrogens is 3. The van der Waals surface area contributed by atoms with Gasteiger partial charge >= 0.3 is 0 Å². The van der Waals surface area contributed by atoms with E-state index in [9.17, 15) is 4.79 Å². The first-order valence-corrected chi connectivity index (χ1v) is 9.69. The van der Waals surface area contributed by atoms with E-state index in [0.29, 0.717) is 37.6 Å². The van der Waals surface area contributed by atoms with E-state index in [4.69, 9.17) is 9.47 Å². The number of benzene rings is 1. The maximum Gasteiger partial charge on any atom is 0.259 e. The predicted octanol–water partition coefficient (Wildman–Crippen LogP) is 2.52. The Balaban J connectivity index is 1.44. The van der Waals surface area contributed by atoms with Crippen molar-refractivity contribution in [3.63, 3.8) is 0 Å². The molecule has 0 unspecified atom stereocenters. The third-order valence-electron chi connectivity index (χ3n) is 5.12. The van der Waals surface area contributed by atoms with Gasteiger partial charge in [0.25, 0.3) is 5.91 Å². The van der Waals surface area contributed by atoms with Crippen LogP contribution in [0.4, 0.5) is 5.82 Å². The quantitative estimate of drug-likeness (QED) is 0.645. The molecule has 0 spiro atoms. The van der Waals surface area contributed by atoms with Crippen LogP contribution in [0.2, 0.25) is 0 Å². The van der Waals surface area contributed by atoms with Gasteiger partial charge in [0.2, 0.25) is 5.88 Å². The number of hydrogen-bond donors (Lipinski definition) is 0. The molecule has 3 aromatic rings. The molecular weight excluding hydrogens is 382 g/mol. The van der Waals surface area contributed by atoms with Gasteiger partial charge in [-0.15, -0.1) is 0 Å². The fourth-order valence-electron chi connectivity index (χ4n) is 3.46. The van der Waals surface area contributed by atoms with Crippen LogP contribution in [0.25, 0.3) is 11.3 Å². The maximum absolute atomic E-state index is 12.9. The Bertz CT molecular complexity index is 1020. The van der Waals surface area contributed by atoms with Crippen molar-refractivity contribution in [1.82, 2.24) is 19.9 Å². The van der Waals surface area contributed by atoms with Gasteiger partial charge in [0.05, 0.1) is 19.9 Å².